The zero-order valence-electron chi connectivity index (χ0n) is 17.7. The topological polar surface area (TPSA) is 95.8 Å². The molecule has 0 radical (unpaired) electrons. The van der Waals surface area contributed by atoms with Gasteiger partial charge in [0.2, 0.25) is 0 Å². The van der Waals surface area contributed by atoms with E-state index in [4.69, 9.17) is 5.73 Å². The molecule has 1 fully saturated rings. The van der Waals surface area contributed by atoms with Crippen molar-refractivity contribution < 1.29 is 5.21 Å². The molecule has 0 aliphatic carbocycles. The number of aryl methyl sites for hydroxylation is 1. The van der Waals surface area contributed by atoms with Crippen LogP contribution in [-0.4, -0.2) is 63.2 Å². The largest absolute Gasteiger partial charge is 0.409 e. The monoisotopic (exact) mass is 419 g/mol. The highest BCUT2D eigenvalue weighted by Crippen LogP contribution is 2.34. The van der Waals surface area contributed by atoms with Crippen LogP contribution in [0.25, 0.3) is 11.0 Å². The van der Waals surface area contributed by atoms with Crippen molar-refractivity contribution in [3.8, 4) is 0 Å². The van der Waals surface area contributed by atoms with E-state index in [1.165, 1.54) is 5.56 Å². The number of benzene rings is 1. The number of hydrogen-bond donors (Lipinski definition) is 2. The minimum atomic E-state index is 0.135. The third kappa shape index (κ3) is 3.72. The molecule has 3 aromatic rings. The number of piperazine rings is 1. The van der Waals surface area contributed by atoms with E-state index in [0.29, 0.717) is 0 Å². The number of anilines is 1. The average molecular weight is 420 g/mol. The van der Waals surface area contributed by atoms with Crippen LogP contribution >= 0.6 is 0 Å². The fourth-order valence-corrected chi connectivity index (χ4v) is 4.94. The van der Waals surface area contributed by atoms with Crippen LogP contribution in [0, 0.1) is 0 Å². The van der Waals surface area contributed by atoms with E-state index < -0.39 is 0 Å². The molecule has 2 aliphatic heterocycles. The molecule has 0 spiro atoms. The molecule has 0 bridgehead atoms. The van der Waals surface area contributed by atoms with Crippen LogP contribution in [0.4, 0.5) is 5.82 Å². The van der Waals surface area contributed by atoms with Crippen LogP contribution in [0.1, 0.15) is 29.7 Å². The zero-order chi connectivity index (χ0) is 21.2. The maximum absolute atomic E-state index is 9.34. The summed E-state index contributed by atoms with van der Waals surface area (Å²) >= 11 is 0. The number of oxime groups is 1. The van der Waals surface area contributed by atoms with Crippen molar-refractivity contribution in [3.05, 3.63) is 53.5 Å². The first-order valence-corrected chi connectivity index (χ1v) is 11.1. The van der Waals surface area contributed by atoms with Gasteiger partial charge in [-0.25, -0.2) is 9.97 Å². The van der Waals surface area contributed by atoms with Crippen LogP contribution in [0.2, 0.25) is 0 Å². The van der Waals surface area contributed by atoms with Crippen molar-refractivity contribution in [2.75, 3.05) is 37.6 Å². The molecule has 0 unspecified atom stereocenters. The predicted octanol–water partition coefficient (Wildman–Crippen LogP) is 2.23. The van der Waals surface area contributed by atoms with Crippen molar-refractivity contribution in [1.82, 2.24) is 19.4 Å². The Bertz CT molecular complexity index is 1080. The van der Waals surface area contributed by atoms with Gasteiger partial charge in [-0.15, -0.1) is 0 Å². The van der Waals surface area contributed by atoms with Gasteiger partial charge in [0.1, 0.15) is 17.4 Å². The second-order valence-electron chi connectivity index (χ2n) is 8.37. The Morgan fingerprint density at radius 2 is 1.84 bits per heavy atom. The lowest BCUT2D eigenvalue weighted by Crippen LogP contribution is -2.47. The summed E-state index contributed by atoms with van der Waals surface area (Å²) < 4.78 is 2.29. The summed E-state index contributed by atoms with van der Waals surface area (Å²) in [6.45, 7) is 5.88. The van der Waals surface area contributed by atoms with E-state index in [1.807, 2.05) is 0 Å². The van der Waals surface area contributed by atoms with E-state index in [-0.39, 0.29) is 5.84 Å². The van der Waals surface area contributed by atoms with Crippen LogP contribution in [0.15, 0.2) is 41.8 Å². The second kappa shape index (κ2) is 8.55. The summed E-state index contributed by atoms with van der Waals surface area (Å²) in [5.74, 6) is 1.10. The highest BCUT2D eigenvalue weighted by Gasteiger charge is 2.28. The van der Waals surface area contributed by atoms with Gasteiger partial charge in [0.15, 0.2) is 11.7 Å². The quantitative estimate of drug-likeness (QED) is 0.285. The number of aromatic nitrogens is 3. The zero-order valence-corrected chi connectivity index (χ0v) is 17.7. The number of nitrogens with two attached hydrogens (primary N) is 1. The average Bonchev–Trinajstić information content (AvgIpc) is 3.18. The van der Waals surface area contributed by atoms with Crippen LogP contribution in [0.3, 0.4) is 0 Å². The molecule has 0 atom stereocenters. The number of rotatable bonds is 5. The van der Waals surface area contributed by atoms with Gasteiger partial charge in [-0.3, -0.25) is 4.90 Å². The van der Waals surface area contributed by atoms with Gasteiger partial charge in [0, 0.05) is 45.0 Å². The molecule has 31 heavy (non-hydrogen) atoms. The maximum atomic E-state index is 9.34. The molecular formula is C23H29N7O. The van der Waals surface area contributed by atoms with Crippen molar-refractivity contribution >= 4 is 22.7 Å². The lowest BCUT2D eigenvalue weighted by molar-refractivity contribution is 0.260. The number of amidine groups is 1. The first kappa shape index (κ1) is 19.8. The van der Waals surface area contributed by atoms with Gasteiger partial charge in [-0.2, -0.15) is 0 Å². The van der Waals surface area contributed by atoms with Crippen molar-refractivity contribution in [1.29, 1.82) is 0 Å². The summed E-state index contributed by atoms with van der Waals surface area (Å²) in [6, 6.07) is 10.7. The first-order valence-electron chi connectivity index (χ1n) is 11.1. The predicted molar refractivity (Wildman–Crippen MR) is 122 cm³/mol. The molecule has 1 saturated heterocycles. The molecule has 2 aromatic heterocycles. The lowest BCUT2D eigenvalue weighted by Gasteiger charge is -2.35. The van der Waals surface area contributed by atoms with Gasteiger partial charge in [0.25, 0.3) is 0 Å². The normalized spacial score (nSPS) is 17.8. The maximum Gasteiger partial charge on any atom is 0.174 e. The Hall–Kier alpha value is -3.13. The van der Waals surface area contributed by atoms with Crippen LogP contribution in [0.5, 0.6) is 0 Å². The van der Waals surface area contributed by atoms with E-state index >= 15 is 0 Å². The molecule has 1 aromatic carbocycles. The van der Waals surface area contributed by atoms with E-state index in [1.54, 1.807) is 6.33 Å². The Morgan fingerprint density at radius 3 is 2.61 bits per heavy atom. The van der Waals surface area contributed by atoms with Gasteiger partial charge < -0.3 is 20.4 Å². The Kier molecular flexibility index (Phi) is 5.46. The van der Waals surface area contributed by atoms with Gasteiger partial charge >= 0.3 is 0 Å². The fourth-order valence-electron chi connectivity index (χ4n) is 4.94. The summed E-state index contributed by atoms with van der Waals surface area (Å²) in [4.78, 5) is 14.1. The molecule has 2 aliphatic rings. The third-order valence-electron chi connectivity index (χ3n) is 6.56. The molecule has 8 heteroatoms. The van der Waals surface area contributed by atoms with Gasteiger partial charge in [-0.05, 0) is 31.2 Å². The molecule has 8 nitrogen and oxygen atoms in total. The number of nitrogens with zero attached hydrogens (tertiary/aromatic N) is 6. The highest BCUT2D eigenvalue weighted by atomic mass is 16.4. The Labute approximate surface area is 182 Å². The van der Waals surface area contributed by atoms with Crippen molar-refractivity contribution in [3.63, 3.8) is 0 Å². The van der Waals surface area contributed by atoms with Crippen molar-refractivity contribution in [2.45, 2.75) is 32.2 Å². The van der Waals surface area contributed by atoms with Crippen LogP contribution in [-0.2, 0) is 19.4 Å². The second-order valence-corrected chi connectivity index (χ2v) is 8.37. The first-order chi connectivity index (χ1) is 15.3. The number of hydrogen-bond acceptors (Lipinski definition) is 6. The summed E-state index contributed by atoms with van der Waals surface area (Å²) in [5, 5.41) is 12.6. The van der Waals surface area contributed by atoms with Crippen molar-refractivity contribution in [2.24, 2.45) is 10.9 Å². The fraction of sp³-hybridized carbons (Fsp3) is 0.435. The third-order valence-corrected chi connectivity index (χ3v) is 6.56. The summed E-state index contributed by atoms with van der Waals surface area (Å²) in [6.07, 6.45) is 5.82. The minimum absolute atomic E-state index is 0.135. The van der Waals surface area contributed by atoms with E-state index in [0.717, 1.165) is 93.1 Å². The molecular weight excluding hydrogens is 390 g/mol. The van der Waals surface area contributed by atoms with E-state index in [2.05, 4.69) is 59.8 Å². The van der Waals surface area contributed by atoms with Gasteiger partial charge in [0.05, 0.1) is 5.56 Å². The van der Waals surface area contributed by atoms with Gasteiger partial charge in [-0.1, -0.05) is 35.5 Å². The number of fused-ring (bicyclic) bond motifs is 3. The minimum Gasteiger partial charge on any atom is -0.409 e. The smallest absolute Gasteiger partial charge is 0.174 e. The highest BCUT2D eigenvalue weighted by molar-refractivity contribution is 6.10. The lowest BCUT2D eigenvalue weighted by atomic mass is 10.1. The molecule has 0 saturated carbocycles. The molecule has 162 valence electrons. The van der Waals surface area contributed by atoms with E-state index in [9.17, 15) is 5.21 Å². The summed E-state index contributed by atoms with van der Waals surface area (Å²) in [7, 11) is 0. The Morgan fingerprint density at radius 1 is 1.03 bits per heavy atom. The Balaban J connectivity index is 1.38. The summed E-state index contributed by atoms with van der Waals surface area (Å²) in [5.41, 5.74) is 11.1. The molecule has 3 N–H and O–H groups in total. The molecule has 4 heterocycles. The standard InChI is InChI=1S/C23H29N7O/c24-22(27-31)19-18-8-4-5-10-30(18)21-20(19)25-16-26-23(21)29-14-12-28(13-15-29)11-9-17-6-2-1-3-7-17/h1-3,6-7,16,31H,4-5,8-15H2,(H2,24,27). The molecule has 0 amide bonds. The SMILES string of the molecule is NC(=NO)c1c2n(c3c(N4CCN(CCc5ccccc5)CC4)ncnc13)CCCC2. The van der Waals surface area contributed by atoms with Crippen LogP contribution < -0.4 is 10.6 Å². The molecule has 5 rings (SSSR count).